The van der Waals surface area contributed by atoms with Gasteiger partial charge in [0.05, 0.1) is 5.69 Å². The molecule has 1 N–H and O–H groups in total. The number of aliphatic hydroxyl groups excluding tert-OH is 1. The molecular weight excluding hydrogens is 248 g/mol. The van der Waals surface area contributed by atoms with Gasteiger partial charge in [0.25, 0.3) is 0 Å². The van der Waals surface area contributed by atoms with E-state index in [4.69, 9.17) is 0 Å². The normalized spacial score (nSPS) is 10.9. The van der Waals surface area contributed by atoms with Gasteiger partial charge in [0.2, 0.25) is 0 Å². The fourth-order valence-corrected chi connectivity index (χ4v) is 2.37. The highest BCUT2D eigenvalue weighted by atomic mass is 16.3. The van der Waals surface area contributed by atoms with Crippen molar-refractivity contribution < 1.29 is 5.11 Å². The molecule has 0 bridgehead atoms. The van der Waals surface area contributed by atoms with Crippen molar-refractivity contribution in [3.05, 3.63) is 59.5 Å². The first kappa shape index (κ1) is 12.8. The zero-order valence-corrected chi connectivity index (χ0v) is 11.6. The third kappa shape index (κ3) is 2.40. The molecule has 100 valence electrons. The van der Waals surface area contributed by atoms with Gasteiger partial charge >= 0.3 is 0 Å². The number of nitrogens with zero attached hydrogens (tertiary/aromatic N) is 2. The van der Waals surface area contributed by atoms with Crippen LogP contribution < -0.4 is 0 Å². The van der Waals surface area contributed by atoms with Crippen molar-refractivity contribution in [2.75, 3.05) is 0 Å². The summed E-state index contributed by atoms with van der Waals surface area (Å²) in [6, 6.07) is 14.6. The van der Waals surface area contributed by atoms with Gasteiger partial charge in [0.1, 0.15) is 6.61 Å². The van der Waals surface area contributed by atoms with E-state index in [1.807, 2.05) is 13.0 Å². The van der Waals surface area contributed by atoms with E-state index < -0.39 is 0 Å². The summed E-state index contributed by atoms with van der Waals surface area (Å²) in [4.78, 5) is 8.58. The first-order chi connectivity index (χ1) is 9.65. The van der Waals surface area contributed by atoms with Crippen molar-refractivity contribution in [3.63, 3.8) is 0 Å². The highest BCUT2D eigenvalue weighted by Crippen LogP contribution is 2.24. The molecule has 0 radical (unpaired) electrons. The Kier molecular flexibility index (Phi) is 3.20. The number of aliphatic hydroxyl groups is 1. The Balaban J connectivity index is 2.14. The van der Waals surface area contributed by atoms with Gasteiger partial charge < -0.3 is 5.11 Å². The zero-order valence-electron chi connectivity index (χ0n) is 11.6. The Labute approximate surface area is 117 Å². The number of aromatic nitrogens is 2. The van der Waals surface area contributed by atoms with E-state index in [0.29, 0.717) is 5.82 Å². The van der Waals surface area contributed by atoms with E-state index in [0.717, 1.165) is 17.0 Å². The zero-order chi connectivity index (χ0) is 14.1. The summed E-state index contributed by atoms with van der Waals surface area (Å²) < 4.78 is 0. The van der Waals surface area contributed by atoms with Gasteiger partial charge in [-0.15, -0.1) is 0 Å². The molecular formula is C17H16N2O. The molecule has 0 aliphatic rings. The van der Waals surface area contributed by atoms with Crippen LogP contribution in [0.25, 0.3) is 22.0 Å². The molecule has 0 amide bonds. The second kappa shape index (κ2) is 5.02. The Bertz CT molecular complexity index is 781. The Morgan fingerprint density at radius 3 is 2.45 bits per heavy atom. The molecule has 0 aliphatic carbocycles. The van der Waals surface area contributed by atoms with Crippen LogP contribution >= 0.6 is 0 Å². The van der Waals surface area contributed by atoms with Crippen molar-refractivity contribution in [1.29, 1.82) is 0 Å². The summed E-state index contributed by atoms with van der Waals surface area (Å²) in [6.45, 7) is 3.87. The summed E-state index contributed by atoms with van der Waals surface area (Å²) in [5, 5.41) is 11.6. The number of benzene rings is 2. The molecule has 3 aromatic rings. The lowest BCUT2D eigenvalue weighted by molar-refractivity contribution is 0.271. The lowest BCUT2D eigenvalue weighted by Crippen LogP contribution is -1.98. The average Bonchev–Trinajstić information content (AvgIpc) is 2.46. The Hall–Kier alpha value is -2.26. The van der Waals surface area contributed by atoms with Crippen LogP contribution in [0.15, 0.2) is 42.5 Å². The Morgan fingerprint density at radius 1 is 0.900 bits per heavy atom. The monoisotopic (exact) mass is 264 g/mol. The van der Waals surface area contributed by atoms with E-state index in [-0.39, 0.29) is 6.61 Å². The molecule has 3 rings (SSSR count). The third-order valence-corrected chi connectivity index (χ3v) is 3.33. The molecule has 0 fully saturated rings. The second-order valence-corrected chi connectivity index (χ2v) is 5.03. The third-order valence-electron chi connectivity index (χ3n) is 3.33. The van der Waals surface area contributed by atoms with Gasteiger partial charge in [0, 0.05) is 11.3 Å². The van der Waals surface area contributed by atoms with Crippen LogP contribution in [-0.4, -0.2) is 15.1 Å². The first-order valence-electron chi connectivity index (χ1n) is 6.62. The van der Waals surface area contributed by atoms with E-state index in [1.165, 1.54) is 16.3 Å². The summed E-state index contributed by atoms with van der Waals surface area (Å²) in [5.74, 6) is 0.462. The van der Waals surface area contributed by atoms with Crippen LogP contribution in [0.2, 0.25) is 0 Å². The van der Waals surface area contributed by atoms with Gasteiger partial charge in [-0.25, -0.2) is 9.97 Å². The van der Waals surface area contributed by atoms with Crippen LogP contribution in [0.5, 0.6) is 0 Å². The smallest absolute Gasteiger partial charge is 0.154 e. The van der Waals surface area contributed by atoms with Crippen molar-refractivity contribution >= 4 is 10.8 Å². The maximum Gasteiger partial charge on any atom is 0.154 e. The van der Waals surface area contributed by atoms with Crippen LogP contribution in [0, 0.1) is 13.8 Å². The fourth-order valence-electron chi connectivity index (χ4n) is 2.37. The van der Waals surface area contributed by atoms with Crippen molar-refractivity contribution in [1.82, 2.24) is 9.97 Å². The SMILES string of the molecule is Cc1ccc2cc(-c3cc(C)nc(CO)n3)ccc2c1. The van der Waals surface area contributed by atoms with Crippen molar-refractivity contribution in [3.8, 4) is 11.3 Å². The van der Waals surface area contributed by atoms with Crippen LogP contribution in [-0.2, 0) is 6.61 Å². The molecule has 1 aromatic heterocycles. The van der Waals surface area contributed by atoms with Crippen molar-refractivity contribution in [2.24, 2.45) is 0 Å². The van der Waals surface area contributed by atoms with E-state index in [1.54, 1.807) is 0 Å². The fraction of sp³-hybridized carbons (Fsp3) is 0.176. The van der Waals surface area contributed by atoms with E-state index in [9.17, 15) is 5.11 Å². The second-order valence-electron chi connectivity index (χ2n) is 5.03. The highest BCUT2D eigenvalue weighted by Gasteiger charge is 2.05. The molecule has 0 saturated heterocycles. The number of hydrogen-bond donors (Lipinski definition) is 1. The summed E-state index contributed by atoms with van der Waals surface area (Å²) >= 11 is 0. The number of aryl methyl sites for hydroxylation is 2. The van der Waals surface area contributed by atoms with E-state index >= 15 is 0 Å². The average molecular weight is 264 g/mol. The molecule has 2 aromatic carbocycles. The van der Waals surface area contributed by atoms with Gasteiger partial charge in [-0.3, -0.25) is 0 Å². The number of hydrogen-bond acceptors (Lipinski definition) is 3. The maximum absolute atomic E-state index is 9.21. The lowest BCUT2D eigenvalue weighted by Gasteiger charge is -2.06. The van der Waals surface area contributed by atoms with E-state index in [2.05, 4.69) is 53.3 Å². The molecule has 0 saturated carbocycles. The molecule has 0 atom stereocenters. The minimum absolute atomic E-state index is 0.137. The Morgan fingerprint density at radius 2 is 1.65 bits per heavy atom. The standard InChI is InChI=1S/C17H16N2O/c1-11-3-4-14-9-15(6-5-13(14)7-11)16-8-12(2)18-17(10-20)19-16/h3-9,20H,10H2,1-2H3. The number of rotatable bonds is 2. The number of fused-ring (bicyclic) bond motifs is 1. The van der Waals surface area contributed by atoms with Gasteiger partial charge in [-0.1, -0.05) is 35.9 Å². The summed E-state index contributed by atoms with van der Waals surface area (Å²) in [7, 11) is 0. The maximum atomic E-state index is 9.21. The van der Waals surface area contributed by atoms with Gasteiger partial charge in [-0.2, -0.15) is 0 Å². The quantitative estimate of drug-likeness (QED) is 0.771. The van der Waals surface area contributed by atoms with Crippen molar-refractivity contribution in [2.45, 2.75) is 20.5 Å². The summed E-state index contributed by atoms with van der Waals surface area (Å²) in [6.07, 6.45) is 0. The molecule has 0 spiro atoms. The summed E-state index contributed by atoms with van der Waals surface area (Å²) in [5.41, 5.74) is 4.01. The molecule has 0 aliphatic heterocycles. The lowest BCUT2D eigenvalue weighted by atomic mass is 10.0. The highest BCUT2D eigenvalue weighted by molar-refractivity contribution is 5.87. The molecule has 20 heavy (non-hydrogen) atoms. The molecule has 0 unspecified atom stereocenters. The van der Waals surface area contributed by atoms with Gasteiger partial charge in [-0.05, 0) is 36.8 Å². The van der Waals surface area contributed by atoms with Crippen LogP contribution in [0.4, 0.5) is 0 Å². The first-order valence-corrected chi connectivity index (χ1v) is 6.62. The predicted molar refractivity (Wildman–Crippen MR) is 80.4 cm³/mol. The van der Waals surface area contributed by atoms with Gasteiger partial charge in [0.15, 0.2) is 5.82 Å². The minimum atomic E-state index is -0.137. The minimum Gasteiger partial charge on any atom is -0.388 e. The topological polar surface area (TPSA) is 46.0 Å². The van der Waals surface area contributed by atoms with Crippen LogP contribution in [0.1, 0.15) is 17.1 Å². The predicted octanol–water partition coefficient (Wildman–Crippen LogP) is 3.41. The molecule has 3 heteroatoms. The molecule has 1 heterocycles. The molecule has 3 nitrogen and oxygen atoms in total. The van der Waals surface area contributed by atoms with Crippen LogP contribution in [0.3, 0.4) is 0 Å². The largest absolute Gasteiger partial charge is 0.388 e.